The van der Waals surface area contributed by atoms with Crippen LogP contribution in [-0.4, -0.2) is 81.1 Å². The minimum atomic E-state index is -3.27. The summed E-state index contributed by atoms with van der Waals surface area (Å²) >= 11 is 0. The molecule has 0 radical (unpaired) electrons. The van der Waals surface area contributed by atoms with E-state index in [1.165, 1.54) is 70.9 Å². The molecule has 0 aromatic carbocycles. The van der Waals surface area contributed by atoms with Gasteiger partial charge >= 0.3 is 0 Å². The van der Waals surface area contributed by atoms with Crippen LogP contribution in [0.15, 0.2) is 0 Å². The summed E-state index contributed by atoms with van der Waals surface area (Å²) in [5.74, 6) is 0.962. The van der Waals surface area contributed by atoms with E-state index in [2.05, 4.69) is 9.80 Å². The molecule has 4 unspecified atom stereocenters. The van der Waals surface area contributed by atoms with Crippen LogP contribution in [0.1, 0.15) is 64.2 Å². The summed E-state index contributed by atoms with van der Waals surface area (Å²) in [6.07, 6.45) is 14.2. The quantitative estimate of drug-likeness (QED) is 0.710. The van der Waals surface area contributed by atoms with Gasteiger partial charge in [-0.05, 0) is 76.3 Å². The first-order valence-corrected chi connectivity index (χ1v) is 13.2. The third-order valence-electron chi connectivity index (χ3n) is 7.08. The van der Waals surface area contributed by atoms with Crippen molar-refractivity contribution in [2.24, 2.45) is 11.8 Å². The zero-order valence-electron chi connectivity index (χ0n) is 17.6. The molecule has 28 heavy (non-hydrogen) atoms. The summed E-state index contributed by atoms with van der Waals surface area (Å²) in [5, 5.41) is 9.05. The fraction of sp³-hybridized carbons (Fsp3) is 1.00. The van der Waals surface area contributed by atoms with Gasteiger partial charge in [0, 0.05) is 31.8 Å². The van der Waals surface area contributed by atoms with Gasteiger partial charge in [0.05, 0.1) is 12.9 Å². The van der Waals surface area contributed by atoms with Crippen molar-refractivity contribution in [1.82, 2.24) is 9.80 Å². The van der Waals surface area contributed by atoms with Gasteiger partial charge in [-0.2, -0.15) is 8.42 Å². The highest BCUT2D eigenvalue weighted by molar-refractivity contribution is 7.85. The van der Waals surface area contributed by atoms with Crippen molar-refractivity contribution in [3.63, 3.8) is 0 Å². The molecular weight excluding hydrogens is 376 g/mol. The Kier molecular flexibility index (Phi) is 8.60. The Balaban J connectivity index is 0.000000167. The van der Waals surface area contributed by atoms with Gasteiger partial charge in [-0.25, -0.2) is 0 Å². The molecule has 0 aliphatic carbocycles. The van der Waals surface area contributed by atoms with Gasteiger partial charge in [-0.3, -0.25) is 4.18 Å². The summed E-state index contributed by atoms with van der Waals surface area (Å²) < 4.78 is 26.7. The van der Waals surface area contributed by atoms with Gasteiger partial charge in [-0.1, -0.05) is 12.8 Å². The molecule has 6 nitrogen and oxygen atoms in total. The van der Waals surface area contributed by atoms with Crippen molar-refractivity contribution in [1.29, 1.82) is 0 Å². The predicted octanol–water partition coefficient (Wildman–Crippen LogP) is 2.47. The third-order valence-corrected chi connectivity index (χ3v) is 7.64. The van der Waals surface area contributed by atoms with Crippen LogP contribution < -0.4 is 0 Å². The molecule has 7 heteroatoms. The lowest BCUT2D eigenvalue weighted by atomic mass is 9.88. The second kappa shape index (κ2) is 10.7. The van der Waals surface area contributed by atoms with Crippen LogP contribution >= 0.6 is 0 Å². The molecule has 0 aromatic heterocycles. The second-order valence-electron chi connectivity index (χ2n) is 9.35. The molecule has 4 aliphatic heterocycles. The molecule has 0 spiro atoms. The van der Waals surface area contributed by atoms with Crippen LogP contribution in [0.25, 0.3) is 0 Å². The Morgan fingerprint density at radius 2 is 1.36 bits per heavy atom. The fourth-order valence-electron chi connectivity index (χ4n) is 5.46. The Morgan fingerprint density at radius 1 is 0.821 bits per heavy atom. The largest absolute Gasteiger partial charge is 0.396 e. The Labute approximate surface area is 171 Å². The number of rotatable bonds is 4. The van der Waals surface area contributed by atoms with Crippen LogP contribution in [0.5, 0.6) is 0 Å². The molecule has 4 heterocycles. The predicted molar refractivity (Wildman–Crippen MR) is 112 cm³/mol. The first-order valence-electron chi connectivity index (χ1n) is 11.4. The smallest absolute Gasteiger partial charge is 0.264 e. The Morgan fingerprint density at radius 3 is 1.89 bits per heavy atom. The van der Waals surface area contributed by atoms with Gasteiger partial charge in [0.2, 0.25) is 0 Å². The van der Waals surface area contributed by atoms with E-state index in [1.807, 2.05) is 0 Å². The normalized spacial score (nSPS) is 34.6. The first-order chi connectivity index (χ1) is 13.4. The van der Waals surface area contributed by atoms with Crippen molar-refractivity contribution in [3.8, 4) is 0 Å². The molecule has 4 aliphatic rings. The maximum Gasteiger partial charge on any atom is 0.264 e. The zero-order chi connectivity index (χ0) is 20.0. The molecule has 1 N–H and O–H groups in total. The lowest BCUT2D eigenvalue weighted by molar-refractivity contribution is 0.0519. The van der Waals surface area contributed by atoms with E-state index < -0.39 is 10.1 Å². The van der Waals surface area contributed by atoms with Crippen molar-refractivity contribution in [2.75, 3.05) is 45.6 Å². The first kappa shape index (κ1) is 22.5. The van der Waals surface area contributed by atoms with Crippen LogP contribution in [0.4, 0.5) is 0 Å². The van der Waals surface area contributed by atoms with Crippen LogP contribution in [0, 0.1) is 11.8 Å². The number of piperidine rings is 4. The molecule has 164 valence electrons. The average molecular weight is 417 g/mol. The lowest BCUT2D eigenvalue weighted by Crippen LogP contribution is -2.47. The average Bonchev–Trinajstić information content (AvgIpc) is 2.71. The number of hydrogen-bond donors (Lipinski definition) is 1. The van der Waals surface area contributed by atoms with E-state index >= 15 is 0 Å². The van der Waals surface area contributed by atoms with E-state index in [0.717, 1.165) is 37.8 Å². The maximum atomic E-state index is 10.9. The van der Waals surface area contributed by atoms with Crippen molar-refractivity contribution in [3.05, 3.63) is 0 Å². The van der Waals surface area contributed by atoms with E-state index in [0.29, 0.717) is 25.0 Å². The minimum absolute atomic E-state index is 0.363. The summed E-state index contributed by atoms with van der Waals surface area (Å²) in [7, 11) is -3.27. The zero-order valence-corrected chi connectivity index (χ0v) is 18.4. The molecule has 4 rings (SSSR count). The van der Waals surface area contributed by atoms with E-state index in [4.69, 9.17) is 9.29 Å². The molecule has 4 fully saturated rings. The number of hydrogen-bond acceptors (Lipinski definition) is 6. The monoisotopic (exact) mass is 416 g/mol. The van der Waals surface area contributed by atoms with Gasteiger partial charge in [0.15, 0.2) is 0 Å². The number of aliphatic hydroxyl groups is 1. The molecule has 0 amide bonds. The van der Waals surface area contributed by atoms with Gasteiger partial charge < -0.3 is 14.9 Å². The van der Waals surface area contributed by atoms with Gasteiger partial charge in [-0.15, -0.1) is 0 Å². The number of fused-ring (bicyclic) bond motifs is 2. The SMILES string of the molecule is CS(=O)(=O)OCC1CCC2CCCCN2C1.OCC1CCC2CCCCN2C1. The number of aliphatic hydroxyl groups excluding tert-OH is 1. The molecule has 0 aromatic rings. The fourth-order valence-corrected chi connectivity index (χ4v) is 5.90. The summed E-state index contributed by atoms with van der Waals surface area (Å²) in [4.78, 5) is 5.11. The summed E-state index contributed by atoms with van der Waals surface area (Å²) in [5.41, 5.74) is 0. The molecular formula is C21H40N2O4S. The standard InChI is InChI=1S/C11H21NO3S.C10H19NO/c1-16(13,14)15-9-10-5-6-11-4-2-3-7-12(11)8-10;12-8-9-4-5-10-3-1-2-6-11(10)7-9/h10-11H,2-9H2,1H3;9-10,12H,1-8H2. The van der Waals surface area contributed by atoms with Crippen LogP contribution in [-0.2, 0) is 14.3 Å². The van der Waals surface area contributed by atoms with Crippen LogP contribution in [0.2, 0.25) is 0 Å². The van der Waals surface area contributed by atoms with Crippen molar-refractivity contribution in [2.45, 2.75) is 76.3 Å². The van der Waals surface area contributed by atoms with E-state index in [9.17, 15) is 8.42 Å². The Hall–Kier alpha value is -0.210. The topological polar surface area (TPSA) is 70.1 Å². The van der Waals surface area contributed by atoms with E-state index in [1.54, 1.807) is 0 Å². The second-order valence-corrected chi connectivity index (χ2v) is 11.0. The minimum Gasteiger partial charge on any atom is -0.396 e. The van der Waals surface area contributed by atoms with E-state index in [-0.39, 0.29) is 0 Å². The molecule has 0 saturated carbocycles. The van der Waals surface area contributed by atoms with Crippen molar-refractivity contribution >= 4 is 10.1 Å². The molecule has 4 saturated heterocycles. The Bertz CT molecular complexity index is 571. The third kappa shape index (κ3) is 6.94. The highest BCUT2D eigenvalue weighted by atomic mass is 32.2. The number of nitrogens with zero attached hydrogens (tertiary/aromatic N) is 2. The molecule has 4 atom stereocenters. The lowest BCUT2D eigenvalue weighted by Gasteiger charge is -2.42. The van der Waals surface area contributed by atoms with Crippen LogP contribution in [0.3, 0.4) is 0 Å². The highest BCUT2D eigenvalue weighted by Gasteiger charge is 2.31. The maximum absolute atomic E-state index is 10.9. The van der Waals surface area contributed by atoms with Gasteiger partial charge in [0.1, 0.15) is 0 Å². The summed E-state index contributed by atoms with van der Waals surface area (Å²) in [6.45, 7) is 5.38. The summed E-state index contributed by atoms with van der Waals surface area (Å²) in [6, 6.07) is 1.62. The molecule has 0 bridgehead atoms. The highest BCUT2D eigenvalue weighted by Crippen LogP contribution is 2.29. The van der Waals surface area contributed by atoms with Crippen molar-refractivity contribution < 1.29 is 17.7 Å². The van der Waals surface area contributed by atoms with Gasteiger partial charge in [0.25, 0.3) is 10.1 Å².